The van der Waals surface area contributed by atoms with Crippen LogP contribution in [0, 0.1) is 0 Å². The summed E-state index contributed by atoms with van der Waals surface area (Å²) < 4.78 is 39.9. The van der Waals surface area contributed by atoms with Gasteiger partial charge in [0, 0.05) is 10.4 Å². The standard InChI is InChI=1S/C27H26N2O6S2/c1-3-35-21-10-12-22(13-11-21)37(32,33)29-23(15-18-7-5-4-6-8-18)26(30)28-20-9-14-24-19(16-20)17-25(36-24)27(31)34-2/h4-14,16-17,23,29H,3,15H2,1-2H3,(H,28,30)/t23-/m1/s1. The lowest BCUT2D eigenvalue weighted by Gasteiger charge is -2.19. The Bertz CT molecular complexity index is 1500. The second kappa shape index (κ2) is 11.5. The summed E-state index contributed by atoms with van der Waals surface area (Å²) in [6, 6.07) is 21.0. The molecule has 0 aliphatic heterocycles. The molecule has 2 N–H and O–H groups in total. The van der Waals surface area contributed by atoms with E-state index in [2.05, 4.69) is 10.0 Å². The van der Waals surface area contributed by atoms with E-state index in [0.29, 0.717) is 22.9 Å². The number of methoxy groups -OCH3 is 1. The van der Waals surface area contributed by atoms with Crippen LogP contribution in [-0.2, 0) is 26.0 Å². The van der Waals surface area contributed by atoms with Crippen LogP contribution in [0.2, 0.25) is 0 Å². The van der Waals surface area contributed by atoms with E-state index in [0.717, 1.165) is 15.6 Å². The van der Waals surface area contributed by atoms with Gasteiger partial charge in [0.05, 0.1) is 18.6 Å². The first kappa shape index (κ1) is 26.3. The second-order valence-corrected chi connectivity index (χ2v) is 10.9. The predicted octanol–water partition coefficient (Wildman–Crippen LogP) is 4.61. The van der Waals surface area contributed by atoms with E-state index in [-0.39, 0.29) is 11.3 Å². The van der Waals surface area contributed by atoms with Crippen molar-refractivity contribution in [3.8, 4) is 5.75 Å². The van der Waals surface area contributed by atoms with E-state index < -0.39 is 27.9 Å². The number of benzene rings is 3. The summed E-state index contributed by atoms with van der Waals surface area (Å²) in [5, 5.41) is 3.57. The van der Waals surface area contributed by atoms with E-state index in [1.165, 1.54) is 30.6 Å². The molecule has 0 spiro atoms. The summed E-state index contributed by atoms with van der Waals surface area (Å²) in [6.07, 6.45) is 0.149. The molecule has 0 unspecified atom stereocenters. The molecule has 3 aromatic carbocycles. The van der Waals surface area contributed by atoms with Gasteiger partial charge in [-0.1, -0.05) is 30.3 Å². The van der Waals surface area contributed by atoms with Gasteiger partial charge in [-0.25, -0.2) is 13.2 Å². The molecule has 0 saturated heterocycles. The van der Waals surface area contributed by atoms with Gasteiger partial charge >= 0.3 is 5.97 Å². The van der Waals surface area contributed by atoms with Crippen molar-refractivity contribution >= 4 is 49.0 Å². The Morgan fingerprint density at radius 3 is 2.38 bits per heavy atom. The number of esters is 1. The van der Waals surface area contributed by atoms with Crippen molar-refractivity contribution in [1.82, 2.24) is 4.72 Å². The maximum atomic E-state index is 13.3. The highest BCUT2D eigenvalue weighted by Gasteiger charge is 2.26. The average molecular weight is 539 g/mol. The lowest BCUT2D eigenvalue weighted by molar-refractivity contribution is -0.117. The van der Waals surface area contributed by atoms with Crippen LogP contribution in [0.1, 0.15) is 22.2 Å². The van der Waals surface area contributed by atoms with Gasteiger partial charge in [0.1, 0.15) is 16.7 Å². The molecule has 1 aromatic heterocycles. The minimum atomic E-state index is -4.01. The minimum Gasteiger partial charge on any atom is -0.494 e. The molecule has 10 heteroatoms. The molecule has 0 aliphatic carbocycles. The molecule has 4 aromatic rings. The fourth-order valence-electron chi connectivity index (χ4n) is 3.73. The molecule has 0 fully saturated rings. The quantitative estimate of drug-likeness (QED) is 0.285. The number of anilines is 1. The summed E-state index contributed by atoms with van der Waals surface area (Å²) in [5.41, 5.74) is 1.28. The van der Waals surface area contributed by atoms with Crippen LogP contribution in [0.4, 0.5) is 5.69 Å². The first-order valence-electron chi connectivity index (χ1n) is 11.5. The minimum absolute atomic E-state index is 0.0249. The van der Waals surface area contributed by atoms with Gasteiger partial charge in [-0.15, -0.1) is 11.3 Å². The zero-order valence-electron chi connectivity index (χ0n) is 20.3. The molecule has 8 nitrogen and oxygen atoms in total. The van der Waals surface area contributed by atoms with Crippen LogP contribution in [0.15, 0.2) is 83.8 Å². The number of amides is 1. The zero-order chi connectivity index (χ0) is 26.4. The van der Waals surface area contributed by atoms with Crippen molar-refractivity contribution in [2.45, 2.75) is 24.3 Å². The van der Waals surface area contributed by atoms with Crippen molar-refractivity contribution in [3.05, 3.63) is 89.3 Å². The number of thiophene rings is 1. The smallest absolute Gasteiger partial charge is 0.348 e. The van der Waals surface area contributed by atoms with Gasteiger partial charge in [-0.05, 0) is 72.8 Å². The third-order valence-electron chi connectivity index (χ3n) is 5.51. The number of hydrogen-bond donors (Lipinski definition) is 2. The first-order chi connectivity index (χ1) is 17.8. The highest BCUT2D eigenvalue weighted by atomic mass is 32.2. The Morgan fingerprint density at radius 2 is 1.70 bits per heavy atom. The normalized spacial score (nSPS) is 12.2. The molecule has 1 heterocycles. The number of rotatable bonds is 10. The molecular weight excluding hydrogens is 512 g/mol. The molecule has 0 bridgehead atoms. The Labute approximate surface area is 219 Å². The maximum absolute atomic E-state index is 13.3. The van der Waals surface area contributed by atoms with Crippen LogP contribution >= 0.6 is 11.3 Å². The molecule has 4 rings (SSSR count). The van der Waals surface area contributed by atoms with Crippen LogP contribution < -0.4 is 14.8 Å². The number of fused-ring (bicyclic) bond motifs is 1. The predicted molar refractivity (Wildman–Crippen MR) is 144 cm³/mol. The Morgan fingerprint density at radius 1 is 0.973 bits per heavy atom. The van der Waals surface area contributed by atoms with E-state index in [1.807, 2.05) is 37.3 Å². The topological polar surface area (TPSA) is 111 Å². The zero-order valence-corrected chi connectivity index (χ0v) is 21.9. The lowest BCUT2D eigenvalue weighted by Crippen LogP contribution is -2.45. The van der Waals surface area contributed by atoms with Gasteiger partial charge in [-0.2, -0.15) is 4.72 Å². The van der Waals surface area contributed by atoms with Crippen molar-refractivity contribution in [1.29, 1.82) is 0 Å². The van der Waals surface area contributed by atoms with Gasteiger partial charge in [0.25, 0.3) is 0 Å². The van der Waals surface area contributed by atoms with Crippen LogP contribution in [0.3, 0.4) is 0 Å². The van der Waals surface area contributed by atoms with E-state index in [4.69, 9.17) is 9.47 Å². The molecule has 0 saturated carbocycles. The summed E-state index contributed by atoms with van der Waals surface area (Å²) >= 11 is 1.29. The van der Waals surface area contributed by atoms with E-state index >= 15 is 0 Å². The summed E-state index contributed by atoms with van der Waals surface area (Å²) in [7, 11) is -2.69. The van der Waals surface area contributed by atoms with E-state index in [1.54, 1.807) is 36.4 Å². The largest absolute Gasteiger partial charge is 0.494 e. The third-order valence-corrected chi connectivity index (χ3v) is 8.10. The number of nitrogens with one attached hydrogen (secondary N) is 2. The average Bonchev–Trinajstić information content (AvgIpc) is 3.32. The molecule has 37 heavy (non-hydrogen) atoms. The Balaban J connectivity index is 1.57. The number of hydrogen-bond acceptors (Lipinski definition) is 7. The van der Waals surface area contributed by atoms with Crippen molar-refractivity contribution in [2.75, 3.05) is 19.0 Å². The number of carbonyl (C=O) groups excluding carboxylic acids is 2. The van der Waals surface area contributed by atoms with Crippen molar-refractivity contribution < 1.29 is 27.5 Å². The van der Waals surface area contributed by atoms with Gasteiger partial charge in [-0.3, -0.25) is 4.79 Å². The van der Waals surface area contributed by atoms with Crippen molar-refractivity contribution in [3.63, 3.8) is 0 Å². The SMILES string of the molecule is CCOc1ccc(S(=O)(=O)N[C@H](Cc2ccccc2)C(=O)Nc2ccc3sc(C(=O)OC)cc3c2)cc1. The molecular formula is C27H26N2O6S2. The lowest BCUT2D eigenvalue weighted by atomic mass is 10.1. The van der Waals surface area contributed by atoms with Crippen molar-refractivity contribution in [2.24, 2.45) is 0 Å². The molecule has 192 valence electrons. The van der Waals surface area contributed by atoms with Gasteiger partial charge < -0.3 is 14.8 Å². The van der Waals surface area contributed by atoms with Gasteiger partial charge in [0.15, 0.2) is 0 Å². The number of sulfonamides is 1. The Hall–Kier alpha value is -3.73. The summed E-state index contributed by atoms with van der Waals surface area (Å²) in [5.74, 6) is -0.390. The second-order valence-electron chi connectivity index (χ2n) is 8.11. The van der Waals surface area contributed by atoms with Crippen LogP contribution in [-0.4, -0.2) is 40.1 Å². The third kappa shape index (κ3) is 6.53. The highest BCUT2D eigenvalue weighted by molar-refractivity contribution is 7.89. The number of carbonyl (C=O) groups is 2. The first-order valence-corrected chi connectivity index (χ1v) is 13.8. The molecule has 0 aliphatic rings. The molecule has 0 radical (unpaired) electrons. The Kier molecular flexibility index (Phi) is 8.22. The summed E-state index contributed by atoms with van der Waals surface area (Å²) in [4.78, 5) is 25.7. The maximum Gasteiger partial charge on any atom is 0.348 e. The number of ether oxygens (including phenoxy) is 2. The monoisotopic (exact) mass is 538 g/mol. The van der Waals surface area contributed by atoms with Gasteiger partial charge in [0.2, 0.25) is 15.9 Å². The fraction of sp³-hybridized carbons (Fsp3) is 0.185. The highest BCUT2D eigenvalue weighted by Crippen LogP contribution is 2.29. The summed E-state index contributed by atoms with van der Waals surface area (Å²) in [6.45, 7) is 2.30. The molecule has 1 amide bonds. The fourth-order valence-corrected chi connectivity index (χ4v) is 5.88. The van der Waals surface area contributed by atoms with E-state index in [9.17, 15) is 18.0 Å². The molecule has 1 atom stereocenters. The van der Waals surface area contributed by atoms with Crippen LogP contribution in [0.25, 0.3) is 10.1 Å². The van der Waals surface area contributed by atoms with Crippen LogP contribution in [0.5, 0.6) is 5.75 Å².